The van der Waals surface area contributed by atoms with E-state index >= 15 is 0 Å². The molecule has 100 valence electrons. The third-order valence-corrected chi connectivity index (χ3v) is 3.82. The Morgan fingerprint density at radius 2 is 1.94 bits per heavy atom. The highest BCUT2D eigenvalue weighted by molar-refractivity contribution is 5.42. The smallest absolute Gasteiger partial charge is 0.123 e. The fourth-order valence-electron chi connectivity index (χ4n) is 2.60. The molecule has 1 aliphatic heterocycles. The zero-order chi connectivity index (χ0) is 13.0. The zero-order valence-corrected chi connectivity index (χ0v) is 11.3. The maximum Gasteiger partial charge on any atom is 0.123 e. The van der Waals surface area contributed by atoms with Crippen molar-refractivity contribution in [3.63, 3.8) is 0 Å². The van der Waals surface area contributed by atoms with Crippen molar-refractivity contribution in [2.45, 2.75) is 32.7 Å². The first-order valence-corrected chi connectivity index (χ1v) is 6.88. The van der Waals surface area contributed by atoms with Crippen molar-refractivity contribution in [3.8, 4) is 0 Å². The number of piperidine rings is 1. The number of anilines is 1. The number of hydrogen-bond acceptors (Lipinski definition) is 2. The quantitative estimate of drug-likeness (QED) is 0.881. The van der Waals surface area contributed by atoms with E-state index in [2.05, 4.69) is 24.1 Å². The molecule has 2 unspecified atom stereocenters. The molecule has 18 heavy (non-hydrogen) atoms. The Morgan fingerprint density at radius 3 is 2.67 bits per heavy atom. The first kappa shape index (κ1) is 13.3. The standard InChI is InChI=1S/C15H23FN2/c1-12-3-4-13(2)18(11-12)10-9-17-15-7-5-14(16)6-8-15/h5-8,12-13,17H,3-4,9-11H2,1-2H3. The van der Waals surface area contributed by atoms with Gasteiger partial charge in [-0.15, -0.1) is 0 Å². The van der Waals surface area contributed by atoms with Crippen LogP contribution in [0.1, 0.15) is 26.7 Å². The van der Waals surface area contributed by atoms with Gasteiger partial charge in [0.05, 0.1) is 0 Å². The third-order valence-electron chi connectivity index (χ3n) is 3.82. The van der Waals surface area contributed by atoms with Crippen LogP contribution in [-0.2, 0) is 0 Å². The molecule has 0 amide bonds. The van der Waals surface area contributed by atoms with Gasteiger partial charge < -0.3 is 5.32 Å². The minimum atomic E-state index is -0.181. The van der Waals surface area contributed by atoms with Gasteiger partial charge in [0.15, 0.2) is 0 Å². The molecule has 1 aliphatic rings. The Kier molecular flexibility index (Phi) is 4.59. The maximum absolute atomic E-state index is 12.8. The van der Waals surface area contributed by atoms with Gasteiger partial charge in [-0.25, -0.2) is 4.39 Å². The average molecular weight is 250 g/mol. The number of likely N-dealkylation sites (tertiary alicyclic amines) is 1. The molecule has 2 atom stereocenters. The van der Waals surface area contributed by atoms with Gasteiger partial charge in [0, 0.05) is 31.4 Å². The highest BCUT2D eigenvalue weighted by Gasteiger charge is 2.21. The number of halogens is 1. The Bertz CT molecular complexity index is 363. The Labute approximate surface area is 109 Å². The molecule has 1 heterocycles. The van der Waals surface area contributed by atoms with Gasteiger partial charge in [0.2, 0.25) is 0 Å². The van der Waals surface area contributed by atoms with Crippen LogP contribution in [0.2, 0.25) is 0 Å². The molecule has 0 bridgehead atoms. The summed E-state index contributed by atoms with van der Waals surface area (Å²) >= 11 is 0. The molecule has 3 heteroatoms. The molecular weight excluding hydrogens is 227 g/mol. The van der Waals surface area contributed by atoms with Crippen LogP contribution in [0.4, 0.5) is 10.1 Å². The molecule has 0 aromatic heterocycles. The van der Waals surface area contributed by atoms with E-state index < -0.39 is 0 Å². The molecule has 0 aliphatic carbocycles. The van der Waals surface area contributed by atoms with E-state index in [0.29, 0.717) is 6.04 Å². The van der Waals surface area contributed by atoms with Crippen molar-refractivity contribution < 1.29 is 4.39 Å². The topological polar surface area (TPSA) is 15.3 Å². The lowest BCUT2D eigenvalue weighted by atomic mass is 9.95. The van der Waals surface area contributed by atoms with Crippen LogP contribution in [0, 0.1) is 11.7 Å². The summed E-state index contributed by atoms with van der Waals surface area (Å²) in [4.78, 5) is 2.55. The van der Waals surface area contributed by atoms with Crippen molar-refractivity contribution in [1.29, 1.82) is 0 Å². The van der Waals surface area contributed by atoms with Gasteiger partial charge in [-0.05, 0) is 49.9 Å². The summed E-state index contributed by atoms with van der Waals surface area (Å²) in [6, 6.07) is 7.26. The Morgan fingerprint density at radius 1 is 1.22 bits per heavy atom. The zero-order valence-electron chi connectivity index (χ0n) is 11.3. The van der Waals surface area contributed by atoms with Crippen LogP contribution in [0.15, 0.2) is 24.3 Å². The summed E-state index contributed by atoms with van der Waals surface area (Å²) in [6.45, 7) is 7.81. The maximum atomic E-state index is 12.8. The molecule has 0 spiro atoms. The first-order chi connectivity index (χ1) is 8.65. The van der Waals surface area contributed by atoms with Crippen molar-refractivity contribution in [1.82, 2.24) is 4.90 Å². The molecule has 2 nitrogen and oxygen atoms in total. The monoisotopic (exact) mass is 250 g/mol. The fraction of sp³-hybridized carbons (Fsp3) is 0.600. The predicted octanol–water partition coefficient (Wildman–Crippen LogP) is 3.36. The van der Waals surface area contributed by atoms with Crippen LogP contribution in [0.25, 0.3) is 0 Å². The van der Waals surface area contributed by atoms with Crippen LogP contribution in [0.3, 0.4) is 0 Å². The molecule has 0 saturated carbocycles. The predicted molar refractivity (Wildman–Crippen MR) is 74.3 cm³/mol. The van der Waals surface area contributed by atoms with E-state index in [9.17, 15) is 4.39 Å². The SMILES string of the molecule is CC1CCC(C)N(CCNc2ccc(F)cc2)C1. The van der Waals surface area contributed by atoms with Crippen LogP contribution in [-0.4, -0.2) is 30.6 Å². The minimum absolute atomic E-state index is 0.181. The number of nitrogens with one attached hydrogen (secondary N) is 1. The van der Waals surface area contributed by atoms with Crippen molar-refractivity contribution in [2.24, 2.45) is 5.92 Å². The van der Waals surface area contributed by atoms with Crippen molar-refractivity contribution >= 4 is 5.69 Å². The van der Waals surface area contributed by atoms with E-state index in [1.54, 1.807) is 12.1 Å². The number of nitrogens with zero attached hydrogens (tertiary/aromatic N) is 1. The Balaban J connectivity index is 1.76. The minimum Gasteiger partial charge on any atom is -0.384 e. The van der Waals surface area contributed by atoms with E-state index in [1.165, 1.54) is 31.5 Å². The molecular formula is C15H23FN2. The molecule has 1 saturated heterocycles. The van der Waals surface area contributed by atoms with E-state index in [1.807, 2.05) is 0 Å². The van der Waals surface area contributed by atoms with Crippen molar-refractivity contribution in [2.75, 3.05) is 25.0 Å². The molecule has 1 aromatic rings. The second kappa shape index (κ2) is 6.19. The van der Waals surface area contributed by atoms with Gasteiger partial charge in [-0.1, -0.05) is 6.92 Å². The second-order valence-corrected chi connectivity index (χ2v) is 5.46. The van der Waals surface area contributed by atoms with Gasteiger partial charge in [0.1, 0.15) is 5.82 Å². The van der Waals surface area contributed by atoms with Gasteiger partial charge >= 0.3 is 0 Å². The van der Waals surface area contributed by atoms with Crippen LogP contribution in [0.5, 0.6) is 0 Å². The van der Waals surface area contributed by atoms with Crippen LogP contribution >= 0.6 is 0 Å². The lowest BCUT2D eigenvalue weighted by Gasteiger charge is -2.36. The molecule has 2 rings (SSSR count). The fourth-order valence-corrected chi connectivity index (χ4v) is 2.60. The summed E-state index contributed by atoms with van der Waals surface area (Å²) in [7, 11) is 0. The second-order valence-electron chi connectivity index (χ2n) is 5.46. The number of benzene rings is 1. The van der Waals surface area contributed by atoms with E-state index in [4.69, 9.17) is 0 Å². The number of rotatable bonds is 4. The molecule has 1 fully saturated rings. The summed E-state index contributed by atoms with van der Waals surface area (Å²) in [5.41, 5.74) is 0.995. The summed E-state index contributed by atoms with van der Waals surface area (Å²) in [5.74, 6) is 0.631. The largest absolute Gasteiger partial charge is 0.384 e. The van der Waals surface area contributed by atoms with Crippen LogP contribution < -0.4 is 5.32 Å². The average Bonchev–Trinajstić information content (AvgIpc) is 2.36. The third kappa shape index (κ3) is 3.70. The lowest BCUT2D eigenvalue weighted by Crippen LogP contribution is -2.43. The number of hydrogen-bond donors (Lipinski definition) is 1. The van der Waals surface area contributed by atoms with E-state index in [-0.39, 0.29) is 5.82 Å². The highest BCUT2D eigenvalue weighted by Crippen LogP contribution is 2.20. The lowest BCUT2D eigenvalue weighted by molar-refractivity contribution is 0.130. The molecule has 1 N–H and O–H groups in total. The molecule has 1 aromatic carbocycles. The highest BCUT2D eigenvalue weighted by atomic mass is 19.1. The first-order valence-electron chi connectivity index (χ1n) is 6.88. The van der Waals surface area contributed by atoms with E-state index in [0.717, 1.165) is 24.7 Å². The van der Waals surface area contributed by atoms with Gasteiger partial charge in [-0.3, -0.25) is 4.90 Å². The Hall–Kier alpha value is -1.09. The van der Waals surface area contributed by atoms with Gasteiger partial charge in [-0.2, -0.15) is 0 Å². The summed E-state index contributed by atoms with van der Waals surface area (Å²) in [5, 5.41) is 3.35. The normalized spacial score (nSPS) is 25.1. The summed E-state index contributed by atoms with van der Waals surface area (Å²) in [6.07, 6.45) is 2.65. The molecule has 0 radical (unpaired) electrons. The summed E-state index contributed by atoms with van der Waals surface area (Å²) < 4.78 is 12.8. The van der Waals surface area contributed by atoms with Gasteiger partial charge in [0.25, 0.3) is 0 Å². The van der Waals surface area contributed by atoms with Crippen molar-refractivity contribution in [3.05, 3.63) is 30.1 Å².